The Labute approximate surface area is 432 Å². The number of likely N-dealkylation sites (N-methyl/N-ethyl adjacent to an activating group) is 2. The highest BCUT2D eigenvalue weighted by Gasteiger charge is 2.57. The molecule has 4 aliphatic heterocycles. The van der Waals surface area contributed by atoms with Crippen LogP contribution in [-0.2, 0) is 46.3 Å². The first kappa shape index (κ1) is 52.7. The molecule has 0 unspecified atom stereocenters. The smallest absolute Gasteiger partial charge is 0.246 e. The number of rotatable bonds is 14. The second kappa shape index (κ2) is 22.6. The SMILES string of the molecule is CNCC(=S)N[C@H]1CCS[C@H]2CC(C)(C)[C@@H](C(=O)N[C@H]3c4ccccc4C[C@H]3OCC#CC#CCO[C@@H]3Cc4ccccc4[C@@H]3NC(=O)[C@H]3N4C(=O)[C@@H](NC(=O)[C@H](C)NC)CCS[C@H]4CC3(C)C)N2C1=O. The van der Waals surface area contributed by atoms with Crippen molar-refractivity contribution >= 4 is 70.3 Å². The Morgan fingerprint density at radius 3 is 1.62 bits per heavy atom. The van der Waals surface area contributed by atoms with Gasteiger partial charge in [-0.05, 0) is 103 Å². The Morgan fingerprint density at radius 2 is 1.17 bits per heavy atom. The van der Waals surface area contributed by atoms with E-state index in [1.165, 1.54) is 0 Å². The summed E-state index contributed by atoms with van der Waals surface area (Å²) in [7, 11) is 3.51. The van der Waals surface area contributed by atoms with Crippen LogP contribution >= 0.6 is 35.7 Å². The largest absolute Gasteiger partial charge is 0.367 e. The minimum absolute atomic E-state index is 0.0765. The number of hydrogen-bond donors (Lipinski definition) is 6. The zero-order chi connectivity index (χ0) is 50.6. The molecule has 0 spiro atoms. The van der Waals surface area contributed by atoms with Gasteiger partial charge in [0.25, 0.3) is 0 Å². The Balaban J connectivity index is 0.888. The van der Waals surface area contributed by atoms with E-state index in [1.54, 1.807) is 47.3 Å². The summed E-state index contributed by atoms with van der Waals surface area (Å²) in [6.45, 7) is 10.6. The summed E-state index contributed by atoms with van der Waals surface area (Å²) in [6, 6.07) is 12.0. The molecule has 0 radical (unpaired) electrons. The maximum Gasteiger partial charge on any atom is 0.246 e. The van der Waals surface area contributed by atoms with Crippen LogP contribution in [0.3, 0.4) is 0 Å². The predicted octanol–water partition coefficient (Wildman–Crippen LogP) is 3.37. The summed E-state index contributed by atoms with van der Waals surface area (Å²) in [5, 5.41) is 18.5. The third-order valence-corrected chi connectivity index (χ3v) is 17.6. The van der Waals surface area contributed by atoms with E-state index in [9.17, 15) is 24.0 Å². The van der Waals surface area contributed by atoms with E-state index < -0.39 is 59.2 Å². The lowest BCUT2D eigenvalue weighted by Crippen LogP contribution is -2.58. The molecule has 2 aromatic carbocycles. The van der Waals surface area contributed by atoms with Crippen LogP contribution in [0.5, 0.6) is 0 Å². The average Bonchev–Trinajstić information content (AvgIpc) is 3.98. The lowest BCUT2D eigenvalue weighted by molar-refractivity contribution is -0.144. The maximum atomic E-state index is 14.5. The number of ether oxygens (including phenoxy) is 2. The van der Waals surface area contributed by atoms with Crippen molar-refractivity contribution in [3.8, 4) is 23.7 Å². The van der Waals surface area contributed by atoms with Crippen molar-refractivity contribution in [2.75, 3.05) is 45.4 Å². The zero-order valence-electron chi connectivity index (χ0n) is 41.7. The molecule has 0 saturated carbocycles. The molecule has 4 fully saturated rings. The van der Waals surface area contributed by atoms with Gasteiger partial charge in [0.05, 0.1) is 46.1 Å². The number of carbonyl (C=O) groups is 5. The van der Waals surface area contributed by atoms with Crippen LogP contribution in [0.15, 0.2) is 48.5 Å². The van der Waals surface area contributed by atoms with Crippen molar-refractivity contribution in [2.45, 2.75) is 138 Å². The van der Waals surface area contributed by atoms with Gasteiger partial charge >= 0.3 is 0 Å². The number of nitrogens with one attached hydrogen (secondary N) is 6. The lowest BCUT2D eigenvalue weighted by Gasteiger charge is -2.35. The topological polar surface area (TPSA) is 182 Å². The molecule has 15 nitrogen and oxygen atoms in total. The van der Waals surface area contributed by atoms with Crippen LogP contribution in [-0.4, -0.2) is 143 Å². The summed E-state index contributed by atoms with van der Waals surface area (Å²) in [5.74, 6) is 12.2. The molecule has 4 saturated heterocycles. The minimum atomic E-state index is -0.747. The van der Waals surface area contributed by atoms with Gasteiger partial charge in [-0.3, -0.25) is 24.0 Å². The molecule has 0 aromatic heterocycles. The van der Waals surface area contributed by atoms with Crippen molar-refractivity contribution in [1.82, 2.24) is 41.7 Å². The van der Waals surface area contributed by atoms with Crippen LogP contribution in [0.4, 0.5) is 0 Å². The fraction of sp³-hybridized carbons (Fsp3) is 0.585. The highest BCUT2D eigenvalue weighted by atomic mass is 32.2. The van der Waals surface area contributed by atoms with E-state index in [4.69, 9.17) is 21.7 Å². The normalized spacial score (nSPS) is 29.3. The summed E-state index contributed by atoms with van der Waals surface area (Å²) in [4.78, 5) is 74.3. The van der Waals surface area contributed by atoms with Gasteiger partial charge in [0, 0.05) is 19.4 Å². The van der Waals surface area contributed by atoms with Crippen molar-refractivity contribution in [3.05, 3.63) is 70.8 Å². The van der Waals surface area contributed by atoms with Crippen LogP contribution in [0, 0.1) is 34.5 Å². The van der Waals surface area contributed by atoms with E-state index >= 15 is 0 Å². The van der Waals surface area contributed by atoms with E-state index in [-0.39, 0.29) is 59.6 Å². The molecule has 380 valence electrons. The lowest BCUT2D eigenvalue weighted by atomic mass is 9.83. The number of amides is 5. The van der Waals surface area contributed by atoms with Gasteiger partial charge in [-0.2, -0.15) is 0 Å². The number of carbonyl (C=O) groups excluding carboxylic acids is 5. The molecule has 2 aromatic rings. The molecule has 6 aliphatic rings. The molecule has 2 aliphatic carbocycles. The van der Waals surface area contributed by atoms with E-state index in [2.05, 4.69) is 69.4 Å². The second-order valence-electron chi connectivity index (χ2n) is 20.7. The molecule has 0 bridgehead atoms. The Hall–Kier alpha value is -4.66. The maximum absolute atomic E-state index is 14.5. The predicted molar refractivity (Wildman–Crippen MR) is 281 cm³/mol. The van der Waals surface area contributed by atoms with Crippen LogP contribution in [0.25, 0.3) is 0 Å². The quantitative estimate of drug-likeness (QED) is 0.120. The number of thioether (sulfide) groups is 2. The van der Waals surface area contributed by atoms with Gasteiger partial charge in [-0.15, -0.1) is 23.5 Å². The van der Waals surface area contributed by atoms with Crippen LogP contribution < -0.4 is 31.9 Å². The van der Waals surface area contributed by atoms with Gasteiger partial charge in [0.1, 0.15) is 37.4 Å². The first-order valence-corrected chi connectivity index (χ1v) is 27.3. The molecule has 4 heterocycles. The molecule has 8 rings (SSSR count). The van der Waals surface area contributed by atoms with Crippen LogP contribution in [0.2, 0.25) is 0 Å². The molecule has 11 atom stereocenters. The van der Waals surface area contributed by atoms with Crippen LogP contribution in [0.1, 0.15) is 94.6 Å². The third kappa shape index (κ3) is 11.4. The van der Waals surface area contributed by atoms with Gasteiger partial charge in [0.2, 0.25) is 29.5 Å². The Bertz CT molecular complexity index is 2500. The number of nitrogens with zero attached hydrogens (tertiary/aromatic N) is 2. The molecule has 6 N–H and O–H groups in total. The van der Waals surface area contributed by atoms with Crippen molar-refractivity contribution in [2.24, 2.45) is 10.8 Å². The summed E-state index contributed by atoms with van der Waals surface area (Å²) < 4.78 is 12.7. The molecular formula is C53H68N8O7S3. The first-order chi connectivity index (χ1) is 34.0. The summed E-state index contributed by atoms with van der Waals surface area (Å²) in [5.41, 5.74) is 3.12. The fourth-order valence-corrected chi connectivity index (χ4v) is 14.7. The third-order valence-electron chi connectivity index (χ3n) is 14.8. The highest BCUT2D eigenvalue weighted by Crippen LogP contribution is 2.48. The molecule has 5 amide bonds. The Kier molecular flexibility index (Phi) is 16.8. The molecular weight excluding hydrogens is 957 g/mol. The van der Waals surface area contributed by atoms with Gasteiger partial charge in [0.15, 0.2) is 0 Å². The zero-order valence-corrected chi connectivity index (χ0v) is 44.2. The van der Waals surface area contributed by atoms with E-state index in [0.29, 0.717) is 55.8 Å². The number of thiocarbonyl (C=S) groups is 1. The van der Waals surface area contributed by atoms with Crippen molar-refractivity contribution < 1.29 is 33.4 Å². The van der Waals surface area contributed by atoms with Crippen molar-refractivity contribution in [1.29, 1.82) is 0 Å². The average molecular weight is 1030 g/mol. The van der Waals surface area contributed by atoms with Gasteiger partial charge in [-0.25, -0.2) is 0 Å². The van der Waals surface area contributed by atoms with Crippen molar-refractivity contribution in [3.63, 3.8) is 0 Å². The van der Waals surface area contributed by atoms with Gasteiger partial charge in [-0.1, -0.05) is 100 Å². The monoisotopic (exact) mass is 1020 g/mol. The highest BCUT2D eigenvalue weighted by molar-refractivity contribution is 8.00. The van der Waals surface area contributed by atoms with E-state index in [0.717, 1.165) is 28.0 Å². The van der Waals surface area contributed by atoms with Gasteiger partial charge < -0.3 is 51.2 Å². The summed E-state index contributed by atoms with van der Waals surface area (Å²) >= 11 is 8.88. The second-order valence-corrected chi connectivity index (χ2v) is 23.8. The number of hydrogen-bond acceptors (Lipinski definition) is 12. The molecule has 71 heavy (non-hydrogen) atoms. The standard InChI is InChI=1S/C53H68N8O7S3/c1-31(55-7)47(62)57-37-21-25-71-42-29-53(4,5)46(61(42)51(37)66)49(64)59-44-35-19-13-11-17-33(35)27-39(44)68-23-15-9-8-14-22-67-38-26-32-16-10-12-18-34(32)43(38)58-48(63)45-52(2,3)28-41-60(45)50(65)36(20-24-70-41)56-40(69)30-54-6/h10-13,16-19,31,36-39,41-46,54-55H,20-30H2,1-7H3,(H,56,69)(H,57,62)(H,58,63)(H,59,64)/t31-,36-,37-,38+,39+,41-,42-,43-,44-,45+,46+/m0/s1. The first-order valence-electron chi connectivity index (χ1n) is 24.8. The number of fused-ring (bicyclic) bond motifs is 4. The fourth-order valence-electron chi connectivity index (χ4n) is 11.2. The minimum Gasteiger partial charge on any atom is -0.367 e. The summed E-state index contributed by atoms with van der Waals surface area (Å²) in [6.07, 6.45) is 2.85. The number of benzene rings is 2. The molecule has 18 heteroatoms. The van der Waals surface area contributed by atoms with E-state index in [1.807, 2.05) is 69.4 Å². The Morgan fingerprint density at radius 1 is 0.718 bits per heavy atom.